The molecule has 2 aromatic carbocycles. The largest absolute Gasteiger partial charge is 0.402 e. The molecule has 5 heteroatoms. The molecule has 0 aliphatic carbocycles. The van der Waals surface area contributed by atoms with Gasteiger partial charge in [-0.25, -0.2) is 9.79 Å². The molecule has 2 aromatic rings. The van der Waals surface area contributed by atoms with Crippen LogP contribution in [0.25, 0.3) is 0 Å². The Hall–Kier alpha value is -2.04. The highest BCUT2D eigenvalue weighted by Crippen LogP contribution is 2.25. The number of ether oxygens (including phenoxy) is 1. The van der Waals surface area contributed by atoms with Crippen LogP contribution in [-0.2, 0) is 9.53 Å². The van der Waals surface area contributed by atoms with Crippen LogP contribution in [0.4, 0.5) is 0 Å². The predicted octanol–water partition coefficient (Wildman–Crippen LogP) is 4.28. The maximum Gasteiger partial charge on any atom is 0.364 e. The lowest BCUT2D eigenvalue weighted by Crippen LogP contribution is -2.04. The fraction of sp³-hybridized carbons (Fsp3) is 0. The normalized spacial score (nSPS) is 16.0. The van der Waals surface area contributed by atoms with Crippen LogP contribution in [0.5, 0.6) is 0 Å². The third kappa shape index (κ3) is 3.35. The Morgan fingerprint density at radius 3 is 2.48 bits per heavy atom. The van der Waals surface area contributed by atoms with Gasteiger partial charge in [0.2, 0.25) is 5.90 Å². The minimum absolute atomic E-state index is 0.300. The fourth-order valence-corrected chi connectivity index (χ4v) is 2.55. The zero-order valence-corrected chi connectivity index (χ0v) is 12.4. The van der Waals surface area contributed by atoms with E-state index in [-0.39, 0.29) is 0 Å². The first-order chi connectivity index (χ1) is 10.2. The van der Waals surface area contributed by atoms with Gasteiger partial charge >= 0.3 is 5.97 Å². The summed E-state index contributed by atoms with van der Waals surface area (Å²) in [5, 5.41) is 2.36. The Balaban J connectivity index is 1.79. The van der Waals surface area contributed by atoms with Crippen LogP contribution in [0.1, 0.15) is 5.56 Å². The van der Waals surface area contributed by atoms with Crippen molar-refractivity contribution >= 4 is 35.2 Å². The highest BCUT2D eigenvalue weighted by Gasteiger charge is 2.23. The number of aliphatic imine (C=N–C) groups is 1. The lowest BCUT2D eigenvalue weighted by molar-refractivity contribution is -0.130. The van der Waals surface area contributed by atoms with Crippen LogP contribution in [-0.4, -0.2) is 11.9 Å². The van der Waals surface area contributed by atoms with Crippen LogP contribution in [0.2, 0.25) is 5.02 Å². The second kappa shape index (κ2) is 6.16. The van der Waals surface area contributed by atoms with Crippen molar-refractivity contribution in [1.29, 1.82) is 0 Å². The van der Waals surface area contributed by atoms with Crippen molar-refractivity contribution < 1.29 is 9.53 Å². The standard InChI is InChI=1S/C16H10ClNO2S/c17-12-6-8-13(9-7-12)21-10-14-16(19)20-15(18-14)11-4-2-1-3-5-11/h1-10H/b14-10+. The van der Waals surface area contributed by atoms with Gasteiger partial charge in [0.15, 0.2) is 5.70 Å². The molecule has 21 heavy (non-hydrogen) atoms. The number of halogens is 1. The lowest BCUT2D eigenvalue weighted by Gasteiger charge is -1.97. The van der Waals surface area contributed by atoms with E-state index in [0.717, 1.165) is 10.5 Å². The SMILES string of the molecule is O=C1OC(c2ccccc2)=N/C1=C/Sc1ccc(Cl)cc1. The van der Waals surface area contributed by atoms with Gasteiger partial charge < -0.3 is 4.74 Å². The maximum atomic E-state index is 11.8. The zero-order chi connectivity index (χ0) is 14.7. The first-order valence-electron chi connectivity index (χ1n) is 6.21. The second-order valence-corrected chi connectivity index (χ2v) is 5.63. The van der Waals surface area contributed by atoms with E-state index in [4.69, 9.17) is 16.3 Å². The third-order valence-electron chi connectivity index (χ3n) is 2.76. The molecule has 0 N–H and O–H groups in total. The number of carbonyl (C=O) groups is 1. The van der Waals surface area contributed by atoms with Crippen molar-refractivity contribution in [3.05, 3.63) is 76.3 Å². The van der Waals surface area contributed by atoms with E-state index in [0.29, 0.717) is 16.6 Å². The molecule has 0 unspecified atom stereocenters. The van der Waals surface area contributed by atoms with E-state index in [1.54, 1.807) is 17.5 Å². The minimum Gasteiger partial charge on any atom is -0.402 e. The smallest absolute Gasteiger partial charge is 0.364 e. The maximum absolute atomic E-state index is 11.8. The van der Waals surface area contributed by atoms with Crippen molar-refractivity contribution in [1.82, 2.24) is 0 Å². The molecule has 0 saturated heterocycles. The van der Waals surface area contributed by atoms with Gasteiger partial charge in [-0.15, -0.1) is 0 Å². The van der Waals surface area contributed by atoms with E-state index < -0.39 is 5.97 Å². The number of esters is 1. The fourth-order valence-electron chi connectivity index (χ4n) is 1.73. The number of thioether (sulfide) groups is 1. The van der Waals surface area contributed by atoms with Crippen molar-refractivity contribution in [3.63, 3.8) is 0 Å². The van der Waals surface area contributed by atoms with Crippen LogP contribution in [0.15, 0.2) is 75.6 Å². The molecular formula is C16H10ClNO2S. The van der Waals surface area contributed by atoms with Crippen LogP contribution in [0.3, 0.4) is 0 Å². The van der Waals surface area contributed by atoms with Gasteiger partial charge in [-0.1, -0.05) is 41.6 Å². The van der Waals surface area contributed by atoms with E-state index in [9.17, 15) is 4.79 Å². The van der Waals surface area contributed by atoms with Crippen molar-refractivity contribution in [2.45, 2.75) is 4.90 Å². The second-order valence-electron chi connectivity index (χ2n) is 4.25. The molecule has 1 aliphatic rings. The molecule has 0 amide bonds. The molecule has 0 atom stereocenters. The summed E-state index contributed by atoms with van der Waals surface area (Å²) in [4.78, 5) is 17.0. The Morgan fingerprint density at radius 2 is 1.76 bits per heavy atom. The number of nitrogens with zero attached hydrogens (tertiary/aromatic N) is 1. The molecule has 3 nitrogen and oxygen atoms in total. The molecule has 0 fully saturated rings. The summed E-state index contributed by atoms with van der Waals surface area (Å²) in [6, 6.07) is 16.7. The van der Waals surface area contributed by atoms with Crippen LogP contribution >= 0.6 is 23.4 Å². The van der Waals surface area contributed by atoms with Gasteiger partial charge in [-0.2, -0.15) is 0 Å². The molecule has 0 bridgehead atoms. The van der Waals surface area contributed by atoms with E-state index in [1.165, 1.54) is 11.8 Å². The number of carbonyl (C=O) groups excluding carboxylic acids is 1. The van der Waals surface area contributed by atoms with E-state index in [1.807, 2.05) is 42.5 Å². The first kappa shape index (κ1) is 13.9. The van der Waals surface area contributed by atoms with Gasteiger partial charge in [-0.3, -0.25) is 0 Å². The minimum atomic E-state index is -0.435. The molecule has 0 radical (unpaired) electrons. The Kier molecular flexibility index (Phi) is 4.08. The number of hydrogen-bond donors (Lipinski definition) is 0. The van der Waals surface area contributed by atoms with E-state index in [2.05, 4.69) is 4.99 Å². The molecular weight excluding hydrogens is 306 g/mol. The molecule has 104 valence electrons. The van der Waals surface area contributed by atoms with Gasteiger partial charge in [-0.05, 0) is 36.4 Å². The molecule has 1 heterocycles. The monoisotopic (exact) mass is 315 g/mol. The topological polar surface area (TPSA) is 38.7 Å². The van der Waals surface area contributed by atoms with Crippen LogP contribution in [0, 0.1) is 0 Å². The Bertz CT molecular complexity index is 724. The summed E-state index contributed by atoms with van der Waals surface area (Å²) in [6.45, 7) is 0. The molecule has 3 rings (SSSR count). The Labute approximate surface area is 131 Å². The van der Waals surface area contributed by atoms with Gasteiger partial charge in [0.25, 0.3) is 0 Å². The molecule has 0 spiro atoms. The average Bonchev–Trinajstić information content (AvgIpc) is 2.89. The summed E-state index contributed by atoms with van der Waals surface area (Å²) in [5.74, 6) is -0.0983. The summed E-state index contributed by atoms with van der Waals surface area (Å²) in [6.07, 6.45) is 0. The molecule has 0 aromatic heterocycles. The molecule has 1 aliphatic heterocycles. The third-order valence-corrected chi connectivity index (χ3v) is 3.90. The van der Waals surface area contributed by atoms with Crippen molar-refractivity contribution in [2.24, 2.45) is 4.99 Å². The van der Waals surface area contributed by atoms with Gasteiger partial charge in [0.05, 0.1) is 0 Å². The number of cyclic esters (lactones) is 1. The summed E-state index contributed by atoms with van der Waals surface area (Å²) in [5.41, 5.74) is 1.08. The first-order valence-corrected chi connectivity index (χ1v) is 7.47. The summed E-state index contributed by atoms with van der Waals surface area (Å²) >= 11 is 7.23. The zero-order valence-electron chi connectivity index (χ0n) is 10.8. The lowest BCUT2D eigenvalue weighted by atomic mass is 10.2. The average molecular weight is 316 g/mol. The highest BCUT2D eigenvalue weighted by molar-refractivity contribution is 8.02. The van der Waals surface area contributed by atoms with Crippen molar-refractivity contribution in [3.8, 4) is 0 Å². The van der Waals surface area contributed by atoms with Crippen molar-refractivity contribution in [2.75, 3.05) is 0 Å². The Morgan fingerprint density at radius 1 is 1.05 bits per heavy atom. The van der Waals surface area contributed by atoms with Gasteiger partial charge in [0, 0.05) is 20.9 Å². The quantitative estimate of drug-likeness (QED) is 0.482. The number of rotatable bonds is 3. The summed E-state index contributed by atoms with van der Waals surface area (Å²) < 4.78 is 5.18. The van der Waals surface area contributed by atoms with Gasteiger partial charge in [0.1, 0.15) is 0 Å². The highest BCUT2D eigenvalue weighted by atomic mass is 35.5. The predicted molar refractivity (Wildman–Crippen MR) is 84.5 cm³/mol. The van der Waals surface area contributed by atoms with E-state index >= 15 is 0 Å². The number of benzene rings is 2. The van der Waals surface area contributed by atoms with Crippen LogP contribution < -0.4 is 0 Å². The number of hydrogen-bond acceptors (Lipinski definition) is 4. The molecule has 0 saturated carbocycles. The summed E-state index contributed by atoms with van der Waals surface area (Å²) in [7, 11) is 0.